The van der Waals surface area contributed by atoms with Gasteiger partial charge in [0, 0.05) is 11.6 Å². The van der Waals surface area contributed by atoms with Crippen LogP contribution in [-0.4, -0.2) is 43.0 Å². The third-order valence-electron chi connectivity index (χ3n) is 5.59. The maximum atomic E-state index is 12.1. The average molecular weight is 414 g/mol. The number of phenols is 1. The average Bonchev–Trinajstić information content (AvgIpc) is 3.11. The van der Waals surface area contributed by atoms with Gasteiger partial charge in [0.15, 0.2) is 11.5 Å². The Kier molecular flexibility index (Phi) is 4.74. The van der Waals surface area contributed by atoms with Crippen molar-refractivity contribution >= 4 is 26.6 Å². The van der Waals surface area contributed by atoms with Gasteiger partial charge in [-0.05, 0) is 59.7 Å². The van der Waals surface area contributed by atoms with Crippen molar-refractivity contribution in [3.05, 3.63) is 47.7 Å². The van der Waals surface area contributed by atoms with E-state index in [4.69, 9.17) is 10.5 Å². The van der Waals surface area contributed by atoms with Crippen molar-refractivity contribution in [1.82, 2.24) is 4.98 Å². The fourth-order valence-corrected chi connectivity index (χ4v) is 5.50. The number of methoxy groups -OCH3 is 1. The Balaban J connectivity index is 1.86. The van der Waals surface area contributed by atoms with Crippen LogP contribution in [0.2, 0.25) is 0 Å². The molecule has 1 saturated heterocycles. The molecule has 1 aromatic heterocycles. The van der Waals surface area contributed by atoms with Crippen LogP contribution >= 0.6 is 0 Å². The smallest absolute Gasteiger partial charge is 0.250 e. The summed E-state index contributed by atoms with van der Waals surface area (Å²) < 4.78 is 28.8. The van der Waals surface area contributed by atoms with Crippen molar-refractivity contribution in [1.29, 1.82) is 0 Å². The van der Waals surface area contributed by atoms with E-state index in [-0.39, 0.29) is 23.2 Å². The molecule has 8 heteroatoms. The van der Waals surface area contributed by atoms with Crippen LogP contribution in [0.5, 0.6) is 11.5 Å². The van der Waals surface area contributed by atoms with Gasteiger partial charge < -0.3 is 20.6 Å². The Bertz CT molecular complexity index is 1200. The van der Waals surface area contributed by atoms with E-state index in [1.54, 1.807) is 18.2 Å². The van der Waals surface area contributed by atoms with Crippen LogP contribution in [0.1, 0.15) is 34.7 Å². The summed E-state index contributed by atoms with van der Waals surface area (Å²) in [5.74, 6) is 0.233. The van der Waals surface area contributed by atoms with E-state index in [1.807, 2.05) is 12.3 Å². The lowest BCUT2D eigenvalue weighted by molar-refractivity contribution is 0.100. The molecule has 0 bridgehead atoms. The molecule has 0 spiro atoms. The summed E-state index contributed by atoms with van der Waals surface area (Å²) in [7, 11) is -1.50. The van der Waals surface area contributed by atoms with Crippen LogP contribution in [-0.2, 0) is 9.84 Å². The van der Waals surface area contributed by atoms with Gasteiger partial charge in [-0.25, -0.2) is 8.42 Å². The minimum Gasteiger partial charge on any atom is -0.504 e. The molecule has 1 aliphatic rings. The number of ether oxygens (including phenoxy) is 1. The molecule has 4 N–H and O–H groups in total. The first-order valence-corrected chi connectivity index (χ1v) is 11.1. The number of nitrogens with two attached hydrogens (primary N) is 1. The molecule has 4 rings (SSSR count). The van der Waals surface area contributed by atoms with Gasteiger partial charge in [-0.1, -0.05) is 6.07 Å². The summed E-state index contributed by atoms with van der Waals surface area (Å²) >= 11 is 0. The van der Waals surface area contributed by atoms with Crippen LogP contribution in [0.3, 0.4) is 0 Å². The highest BCUT2D eigenvalue weighted by Crippen LogP contribution is 2.38. The van der Waals surface area contributed by atoms with E-state index in [0.717, 1.165) is 22.1 Å². The van der Waals surface area contributed by atoms with Crippen molar-refractivity contribution in [2.75, 3.05) is 18.6 Å². The predicted octanol–water partition coefficient (Wildman–Crippen LogP) is 2.94. The summed E-state index contributed by atoms with van der Waals surface area (Å²) in [6, 6.07) is 8.64. The van der Waals surface area contributed by atoms with Crippen molar-refractivity contribution in [3.8, 4) is 22.6 Å². The van der Waals surface area contributed by atoms with Crippen molar-refractivity contribution in [3.63, 3.8) is 0 Å². The van der Waals surface area contributed by atoms with Crippen LogP contribution in [0.25, 0.3) is 22.0 Å². The Hall–Kier alpha value is -3.00. The number of hydrogen-bond acceptors (Lipinski definition) is 5. The van der Waals surface area contributed by atoms with Crippen molar-refractivity contribution in [2.45, 2.75) is 18.8 Å². The zero-order chi connectivity index (χ0) is 20.8. The van der Waals surface area contributed by atoms with Gasteiger partial charge in [-0.3, -0.25) is 4.79 Å². The van der Waals surface area contributed by atoms with Gasteiger partial charge >= 0.3 is 0 Å². The van der Waals surface area contributed by atoms with E-state index in [1.165, 1.54) is 13.2 Å². The first-order valence-electron chi connectivity index (χ1n) is 9.31. The highest BCUT2D eigenvalue weighted by Gasteiger charge is 2.27. The van der Waals surface area contributed by atoms with Crippen LogP contribution < -0.4 is 10.5 Å². The maximum Gasteiger partial charge on any atom is 0.250 e. The number of carbonyl (C=O) groups excluding carboxylic acids is 1. The number of aromatic nitrogens is 1. The van der Waals surface area contributed by atoms with E-state index >= 15 is 0 Å². The van der Waals surface area contributed by atoms with Gasteiger partial charge in [0.2, 0.25) is 0 Å². The number of aromatic amines is 1. The summed E-state index contributed by atoms with van der Waals surface area (Å²) in [6.45, 7) is 0. The monoisotopic (exact) mass is 414 g/mol. The second kappa shape index (κ2) is 7.11. The predicted molar refractivity (Wildman–Crippen MR) is 111 cm³/mol. The zero-order valence-corrected chi connectivity index (χ0v) is 16.8. The number of amides is 1. The first kappa shape index (κ1) is 19.3. The largest absolute Gasteiger partial charge is 0.504 e. The summed E-state index contributed by atoms with van der Waals surface area (Å²) in [6.07, 6.45) is 2.96. The quantitative estimate of drug-likeness (QED) is 0.606. The third kappa shape index (κ3) is 3.55. The van der Waals surface area contributed by atoms with Crippen LogP contribution in [0.15, 0.2) is 36.5 Å². The first-order chi connectivity index (χ1) is 13.8. The Labute approximate surface area is 168 Å². The minimum absolute atomic E-state index is 0.0261. The highest BCUT2D eigenvalue weighted by atomic mass is 32.2. The molecule has 0 atom stereocenters. The van der Waals surface area contributed by atoms with Crippen molar-refractivity contribution in [2.24, 2.45) is 5.73 Å². The number of rotatable bonds is 4. The lowest BCUT2D eigenvalue weighted by Gasteiger charge is -2.21. The zero-order valence-electron chi connectivity index (χ0n) is 15.9. The Morgan fingerprint density at radius 2 is 1.90 bits per heavy atom. The molecular weight excluding hydrogens is 392 g/mol. The number of primary amides is 1. The van der Waals surface area contributed by atoms with Gasteiger partial charge in [-0.2, -0.15) is 0 Å². The Morgan fingerprint density at radius 3 is 2.55 bits per heavy atom. The molecule has 29 heavy (non-hydrogen) atoms. The molecule has 152 valence electrons. The molecule has 7 nitrogen and oxygen atoms in total. The number of hydrogen-bond donors (Lipinski definition) is 3. The molecule has 0 radical (unpaired) electrons. The van der Waals surface area contributed by atoms with Crippen LogP contribution in [0, 0.1) is 0 Å². The molecule has 0 unspecified atom stereocenters. The van der Waals surface area contributed by atoms with E-state index < -0.39 is 15.7 Å². The number of fused-ring (bicyclic) bond motifs is 1. The molecule has 0 saturated carbocycles. The fraction of sp³-hybridized carbons (Fsp3) is 0.286. The number of carbonyl (C=O) groups is 1. The molecule has 2 heterocycles. The second-order valence-electron chi connectivity index (χ2n) is 7.37. The van der Waals surface area contributed by atoms with Crippen molar-refractivity contribution < 1.29 is 23.1 Å². The van der Waals surface area contributed by atoms with Crippen LogP contribution in [0.4, 0.5) is 0 Å². The lowest BCUT2D eigenvalue weighted by atomic mass is 9.91. The molecule has 1 amide bonds. The third-order valence-corrected chi connectivity index (χ3v) is 7.31. The maximum absolute atomic E-state index is 12.1. The summed E-state index contributed by atoms with van der Waals surface area (Å²) in [5, 5.41) is 10.7. The number of phenolic OH excluding ortho intramolecular Hbond substituents is 1. The van der Waals surface area contributed by atoms with E-state index in [9.17, 15) is 18.3 Å². The van der Waals surface area contributed by atoms with Gasteiger partial charge in [0.25, 0.3) is 5.91 Å². The number of aromatic hydroxyl groups is 1. The lowest BCUT2D eigenvalue weighted by Crippen LogP contribution is -2.22. The van der Waals surface area contributed by atoms with Gasteiger partial charge in [-0.15, -0.1) is 0 Å². The molecule has 3 aromatic rings. The molecule has 2 aromatic carbocycles. The normalized spacial score (nSPS) is 16.7. The number of nitrogens with one attached hydrogen (secondary N) is 1. The number of benzene rings is 2. The van der Waals surface area contributed by atoms with Gasteiger partial charge in [0.1, 0.15) is 9.84 Å². The standard InChI is InChI=1S/C21H22N2O5S/c1-28-19-10-13(2-3-18(19)24)14-8-15-17(12-4-6-29(26,27)7-5-12)11-23-20(15)16(9-14)21(22)25/h2-3,8-12,23-24H,4-7H2,1H3,(H2,22,25). The van der Waals surface area contributed by atoms with E-state index in [2.05, 4.69) is 4.98 Å². The molecule has 1 fully saturated rings. The fourth-order valence-electron chi connectivity index (χ4n) is 4.01. The topological polar surface area (TPSA) is 122 Å². The molecular formula is C21H22N2O5S. The summed E-state index contributed by atoms with van der Waals surface area (Å²) in [5.41, 5.74) is 9.15. The van der Waals surface area contributed by atoms with Gasteiger partial charge in [0.05, 0.1) is 29.7 Å². The van der Waals surface area contributed by atoms with E-state index in [0.29, 0.717) is 29.7 Å². The minimum atomic E-state index is -2.97. The number of H-pyrrole nitrogens is 1. The Morgan fingerprint density at radius 1 is 1.17 bits per heavy atom. The number of sulfone groups is 1. The summed E-state index contributed by atoms with van der Waals surface area (Å²) in [4.78, 5) is 15.3. The molecule has 0 aliphatic carbocycles. The highest BCUT2D eigenvalue weighted by molar-refractivity contribution is 7.91. The SMILES string of the molecule is COc1cc(-c2cc(C(N)=O)c3[nH]cc(C4CCS(=O)(=O)CC4)c3c2)ccc1O. The molecule has 1 aliphatic heterocycles. The second-order valence-corrected chi connectivity index (χ2v) is 9.67.